The molecule has 0 aliphatic carbocycles. The Balaban J connectivity index is 2.07. The second-order valence-electron chi connectivity index (χ2n) is 6.39. The van der Waals surface area contributed by atoms with Crippen LogP contribution in [0.2, 0.25) is 5.02 Å². The normalized spacial score (nSPS) is 22.9. The summed E-state index contributed by atoms with van der Waals surface area (Å²) in [5.41, 5.74) is 1.12. The van der Waals surface area contributed by atoms with Gasteiger partial charge in [-0.3, -0.25) is 4.90 Å². The van der Waals surface area contributed by atoms with Gasteiger partial charge in [-0.05, 0) is 45.4 Å². The maximum atomic E-state index is 6.09. The van der Waals surface area contributed by atoms with Gasteiger partial charge >= 0.3 is 0 Å². The van der Waals surface area contributed by atoms with Gasteiger partial charge in [0, 0.05) is 24.7 Å². The highest BCUT2D eigenvalue weighted by Crippen LogP contribution is 2.29. The van der Waals surface area contributed by atoms with E-state index in [9.17, 15) is 0 Å². The number of hydrogen-bond donors (Lipinski definition) is 0. The van der Waals surface area contributed by atoms with Crippen LogP contribution in [0, 0.1) is 0 Å². The zero-order valence-corrected chi connectivity index (χ0v) is 12.4. The lowest BCUT2D eigenvalue weighted by atomic mass is 9.98. The molecule has 2 nitrogen and oxygen atoms in total. The summed E-state index contributed by atoms with van der Waals surface area (Å²) in [6.07, 6.45) is 0. The van der Waals surface area contributed by atoms with Crippen molar-refractivity contribution in [3.63, 3.8) is 0 Å². The Morgan fingerprint density at radius 2 is 1.56 bits per heavy atom. The van der Waals surface area contributed by atoms with Crippen LogP contribution < -0.4 is 0 Å². The van der Waals surface area contributed by atoms with Crippen molar-refractivity contribution in [3.05, 3.63) is 34.9 Å². The fraction of sp³-hybridized carbons (Fsp3) is 0.600. The summed E-state index contributed by atoms with van der Waals surface area (Å²) in [6.45, 7) is 11.5. The number of benzene rings is 1. The Labute approximate surface area is 115 Å². The second kappa shape index (κ2) is 4.84. The Kier molecular flexibility index (Phi) is 3.72. The zero-order valence-electron chi connectivity index (χ0n) is 11.7. The van der Waals surface area contributed by atoms with Gasteiger partial charge in [-0.15, -0.1) is 0 Å². The molecule has 1 aromatic carbocycles. The van der Waals surface area contributed by atoms with Gasteiger partial charge in [-0.1, -0.05) is 23.7 Å². The van der Waals surface area contributed by atoms with Gasteiger partial charge in [0.15, 0.2) is 0 Å². The van der Waals surface area contributed by atoms with Gasteiger partial charge in [-0.25, -0.2) is 0 Å². The Morgan fingerprint density at radius 3 is 2.06 bits per heavy atom. The molecule has 0 atom stereocenters. The van der Waals surface area contributed by atoms with E-state index in [1.165, 1.54) is 5.56 Å². The average Bonchev–Trinajstić information content (AvgIpc) is 2.16. The van der Waals surface area contributed by atoms with Gasteiger partial charge in [0.1, 0.15) is 0 Å². The number of ether oxygens (including phenoxy) is 1. The summed E-state index contributed by atoms with van der Waals surface area (Å²) in [6, 6.07) is 8.09. The minimum absolute atomic E-state index is 0.0891. The maximum Gasteiger partial charge on any atom is 0.0760 e. The molecule has 1 fully saturated rings. The minimum atomic E-state index is -0.0891. The third-order valence-corrected chi connectivity index (χ3v) is 3.33. The minimum Gasteiger partial charge on any atom is -0.367 e. The lowest BCUT2D eigenvalue weighted by Crippen LogP contribution is -2.56. The van der Waals surface area contributed by atoms with Crippen molar-refractivity contribution in [1.82, 2.24) is 4.90 Å². The van der Waals surface area contributed by atoms with E-state index in [1.807, 2.05) is 12.1 Å². The van der Waals surface area contributed by atoms with E-state index in [-0.39, 0.29) is 11.2 Å². The number of nitrogens with zero attached hydrogens (tertiary/aromatic N) is 1. The van der Waals surface area contributed by atoms with E-state index in [0.29, 0.717) is 0 Å². The average molecular weight is 268 g/mol. The fourth-order valence-electron chi connectivity index (χ4n) is 2.91. The molecule has 0 bridgehead atoms. The molecule has 1 heterocycles. The number of halogens is 1. The lowest BCUT2D eigenvalue weighted by Gasteiger charge is -2.47. The van der Waals surface area contributed by atoms with Gasteiger partial charge in [-0.2, -0.15) is 0 Å². The molecule has 1 aliphatic heterocycles. The topological polar surface area (TPSA) is 12.5 Å². The highest BCUT2D eigenvalue weighted by Gasteiger charge is 2.37. The van der Waals surface area contributed by atoms with Crippen molar-refractivity contribution in [1.29, 1.82) is 0 Å². The van der Waals surface area contributed by atoms with E-state index < -0.39 is 0 Å². The maximum absolute atomic E-state index is 6.09. The molecule has 1 aliphatic rings. The van der Waals surface area contributed by atoms with E-state index in [4.69, 9.17) is 16.3 Å². The Morgan fingerprint density at radius 1 is 1.06 bits per heavy atom. The summed E-state index contributed by atoms with van der Waals surface area (Å²) in [4.78, 5) is 2.45. The third kappa shape index (κ3) is 3.71. The van der Waals surface area contributed by atoms with Crippen molar-refractivity contribution >= 4 is 11.6 Å². The molecule has 0 unspecified atom stereocenters. The molecule has 0 aromatic heterocycles. The van der Waals surface area contributed by atoms with Crippen LogP contribution in [0.4, 0.5) is 0 Å². The van der Waals surface area contributed by atoms with Crippen LogP contribution in [-0.2, 0) is 11.3 Å². The molecule has 0 amide bonds. The van der Waals surface area contributed by atoms with Gasteiger partial charge in [0.05, 0.1) is 11.2 Å². The standard InChI is InChI=1S/C15H22ClNO/c1-14(2)10-17(11-15(3,4)18-14)9-12-5-7-13(16)8-6-12/h5-8H,9-11H2,1-4H3. The highest BCUT2D eigenvalue weighted by molar-refractivity contribution is 6.30. The SMILES string of the molecule is CC1(C)CN(Cc2ccc(Cl)cc2)CC(C)(C)O1. The number of hydrogen-bond acceptors (Lipinski definition) is 2. The lowest BCUT2D eigenvalue weighted by molar-refractivity contribution is -0.182. The molecule has 100 valence electrons. The second-order valence-corrected chi connectivity index (χ2v) is 6.83. The molecule has 1 aromatic rings. The van der Waals surface area contributed by atoms with Crippen LogP contribution in [-0.4, -0.2) is 29.2 Å². The smallest absolute Gasteiger partial charge is 0.0760 e. The van der Waals surface area contributed by atoms with Crippen LogP contribution in [0.15, 0.2) is 24.3 Å². The van der Waals surface area contributed by atoms with Crippen LogP contribution in [0.5, 0.6) is 0 Å². The molecule has 2 rings (SSSR count). The highest BCUT2D eigenvalue weighted by atomic mass is 35.5. The quantitative estimate of drug-likeness (QED) is 0.810. The van der Waals surface area contributed by atoms with E-state index in [2.05, 4.69) is 44.7 Å². The Bertz CT molecular complexity index is 395. The summed E-state index contributed by atoms with van der Waals surface area (Å²) in [5, 5.41) is 0.793. The van der Waals surface area contributed by atoms with Crippen molar-refractivity contribution < 1.29 is 4.74 Å². The van der Waals surface area contributed by atoms with E-state index >= 15 is 0 Å². The molecular weight excluding hydrogens is 246 g/mol. The number of rotatable bonds is 2. The monoisotopic (exact) mass is 267 g/mol. The Hall–Kier alpha value is -0.570. The molecular formula is C15H22ClNO. The van der Waals surface area contributed by atoms with Gasteiger partial charge in [0.25, 0.3) is 0 Å². The zero-order chi connectivity index (χ0) is 13.4. The molecule has 0 N–H and O–H groups in total. The first-order chi connectivity index (χ1) is 8.26. The van der Waals surface area contributed by atoms with Crippen LogP contribution in [0.3, 0.4) is 0 Å². The largest absolute Gasteiger partial charge is 0.367 e. The van der Waals surface area contributed by atoms with Crippen LogP contribution in [0.1, 0.15) is 33.3 Å². The van der Waals surface area contributed by atoms with Crippen LogP contribution >= 0.6 is 11.6 Å². The van der Waals surface area contributed by atoms with Crippen molar-refractivity contribution in [2.24, 2.45) is 0 Å². The first kappa shape index (κ1) is 13.9. The molecule has 3 heteroatoms. The first-order valence-electron chi connectivity index (χ1n) is 6.43. The first-order valence-corrected chi connectivity index (χ1v) is 6.81. The predicted octanol–water partition coefficient (Wildman–Crippen LogP) is 3.73. The summed E-state index contributed by atoms with van der Waals surface area (Å²) >= 11 is 5.91. The van der Waals surface area contributed by atoms with Gasteiger partial charge < -0.3 is 4.74 Å². The van der Waals surface area contributed by atoms with Crippen molar-refractivity contribution in [2.45, 2.75) is 45.4 Å². The van der Waals surface area contributed by atoms with Gasteiger partial charge in [0.2, 0.25) is 0 Å². The van der Waals surface area contributed by atoms with E-state index in [0.717, 1.165) is 24.7 Å². The summed E-state index contributed by atoms with van der Waals surface area (Å²) < 4.78 is 6.09. The third-order valence-electron chi connectivity index (χ3n) is 3.08. The summed E-state index contributed by atoms with van der Waals surface area (Å²) in [5.74, 6) is 0. The molecule has 1 saturated heterocycles. The van der Waals surface area contributed by atoms with E-state index in [1.54, 1.807) is 0 Å². The molecule has 0 radical (unpaired) electrons. The molecule has 0 saturated carbocycles. The van der Waals surface area contributed by atoms with Crippen LogP contribution in [0.25, 0.3) is 0 Å². The number of morpholine rings is 1. The van der Waals surface area contributed by atoms with Crippen molar-refractivity contribution in [2.75, 3.05) is 13.1 Å². The molecule has 18 heavy (non-hydrogen) atoms. The van der Waals surface area contributed by atoms with Crippen molar-refractivity contribution in [3.8, 4) is 0 Å². The summed E-state index contributed by atoms with van der Waals surface area (Å²) in [7, 11) is 0. The molecule has 0 spiro atoms. The fourth-order valence-corrected chi connectivity index (χ4v) is 3.03. The predicted molar refractivity (Wildman–Crippen MR) is 76.0 cm³/mol.